The molecule has 0 aliphatic rings. The fourth-order valence-electron chi connectivity index (χ4n) is 3.04. The van der Waals surface area contributed by atoms with Crippen molar-refractivity contribution in [3.63, 3.8) is 0 Å². The second-order valence-electron chi connectivity index (χ2n) is 6.68. The summed E-state index contributed by atoms with van der Waals surface area (Å²) in [5, 5.41) is 12.1. The van der Waals surface area contributed by atoms with E-state index in [-0.39, 0.29) is 5.91 Å². The number of anilines is 1. The van der Waals surface area contributed by atoms with E-state index in [1.165, 1.54) is 19.3 Å². The van der Waals surface area contributed by atoms with Gasteiger partial charge in [-0.05, 0) is 36.6 Å². The summed E-state index contributed by atoms with van der Waals surface area (Å²) in [4.78, 5) is 14.2. The second-order valence-corrected chi connectivity index (χ2v) is 6.68. The molecule has 0 fully saturated rings. The average molecular weight is 350 g/mol. The SMILES string of the molecule is CCCCCCn1nc2cccc(NC(=O)Cc3ccccc3C)c2n1. The van der Waals surface area contributed by atoms with Gasteiger partial charge in [-0.1, -0.05) is 56.5 Å². The van der Waals surface area contributed by atoms with Crippen molar-refractivity contribution in [2.24, 2.45) is 0 Å². The normalized spacial score (nSPS) is 11.0. The molecule has 0 unspecified atom stereocenters. The topological polar surface area (TPSA) is 59.8 Å². The molecule has 0 radical (unpaired) electrons. The Labute approximate surface area is 154 Å². The molecule has 5 nitrogen and oxygen atoms in total. The highest BCUT2D eigenvalue weighted by Gasteiger charge is 2.11. The molecule has 0 atom stereocenters. The number of nitrogens with zero attached hydrogens (tertiary/aromatic N) is 3. The van der Waals surface area contributed by atoms with Crippen molar-refractivity contribution >= 4 is 22.6 Å². The van der Waals surface area contributed by atoms with Crippen LogP contribution in [0.5, 0.6) is 0 Å². The standard InChI is InChI=1S/C21H26N4O/c1-3-4-5-8-14-25-23-19-13-9-12-18(21(19)24-25)22-20(26)15-17-11-7-6-10-16(17)2/h6-7,9-13H,3-5,8,14-15H2,1-2H3,(H,22,26). The number of fused-ring (bicyclic) bond motifs is 1. The van der Waals surface area contributed by atoms with Crippen LogP contribution >= 0.6 is 0 Å². The number of carbonyl (C=O) groups excluding carboxylic acids is 1. The molecule has 1 N–H and O–H groups in total. The number of unbranched alkanes of at least 4 members (excludes halogenated alkanes) is 3. The molecule has 0 saturated carbocycles. The number of rotatable bonds is 8. The van der Waals surface area contributed by atoms with Gasteiger partial charge in [0.25, 0.3) is 0 Å². The van der Waals surface area contributed by atoms with Crippen molar-refractivity contribution in [3.8, 4) is 0 Å². The smallest absolute Gasteiger partial charge is 0.228 e. The fraction of sp³-hybridized carbons (Fsp3) is 0.381. The Hall–Kier alpha value is -2.69. The number of hydrogen-bond donors (Lipinski definition) is 1. The lowest BCUT2D eigenvalue weighted by Crippen LogP contribution is -2.15. The molecular formula is C21H26N4O. The van der Waals surface area contributed by atoms with Crippen LogP contribution in [-0.4, -0.2) is 20.9 Å². The van der Waals surface area contributed by atoms with Gasteiger partial charge in [-0.3, -0.25) is 4.79 Å². The monoisotopic (exact) mass is 350 g/mol. The molecule has 3 rings (SSSR count). The van der Waals surface area contributed by atoms with Gasteiger partial charge < -0.3 is 5.32 Å². The molecule has 1 heterocycles. The highest BCUT2D eigenvalue weighted by molar-refractivity contribution is 5.99. The molecule has 0 aliphatic carbocycles. The fourth-order valence-corrected chi connectivity index (χ4v) is 3.04. The Kier molecular flexibility index (Phi) is 6.00. The summed E-state index contributed by atoms with van der Waals surface area (Å²) in [5.74, 6) is -0.0377. The van der Waals surface area contributed by atoms with Crippen LogP contribution in [0.1, 0.15) is 43.7 Å². The van der Waals surface area contributed by atoms with E-state index in [4.69, 9.17) is 0 Å². The second kappa shape index (κ2) is 8.61. The van der Waals surface area contributed by atoms with Crippen molar-refractivity contribution in [2.75, 3.05) is 5.32 Å². The van der Waals surface area contributed by atoms with E-state index in [0.29, 0.717) is 6.42 Å². The molecule has 5 heteroatoms. The highest BCUT2D eigenvalue weighted by atomic mass is 16.1. The maximum atomic E-state index is 12.5. The predicted molar refractivity (Wildman–Crippen MR) is 105 cm³/mol. The Morgan fingerprint density at radius 2 is 1.88 bits per heavy atom. The summed E-state index contributed by atoms with van der Waals surface area (Å²) < 4.78 is 0. The molecule has 26 heavy (non-hydrogen) atoms. The van der Waals surface area contributed by atoms with Crippen LogP contribution in [0.15, 0.2) is 42.5 Å². The molecule has 0 spiro atoms. The van der Waals surface area contributed by atoms with Crippen molar-refractivity contribution in [1.29, 1.82) is 0 Å². The maximum Gasteiger partial charge on any atom is 0.228 e. The molecule has 0 bridgehead atoms. The number of hydrogen-bond acceptors (Lipinski definition) is 3. The van der Waals surface area contributed by atoms with Crippen molar-refractivity contribution < 1.29 is 4.79 Å². The summed E-state index contributed by atoms with van der Waals surface area (Å²) in [6.07, 6.45) is 5.07. The number of benzene rings is 2. The summed E-state index contributed by atoms with van der Waals surface area (Å²) >= 11 is 0. The van der Waals surface area contributed by atoms with E-state index in [9.17, 15) is 4.79 Å². The third-order valence-electron chi connectivity index (χ3n) is 4.55. The number of amides is 1. The van der Waals surface area contributed by atoms with E-state index >= 15 is 0 Å². The van der Waals surface area contributed by atoms with Gasteiger partial charge in [0.2, 0.25) is 5.91 Å². The number of carbonyl (C=O) groups is 1. The molecular weight excluding hydrogens is 324 g/mol. The third kappa shape index (κ3) is 4.48. The third-order valence-corrected chi connectivity index (χ3v) is 4.55. The first-order valence-electron chi connectivity index (χ1n) is 9.35. The Morgan fingerprint density at radius 1 is 1.04 bits per heavy atom. The van der Waals surface area contributed by atoms with Gasteiger partial charge in [-0.15, -0.1) is 0 Å². The van der Waals surface area contributed by atoms with Gasteiger partial charge in [0.05, 0.1) is 18.7 Å². The Balaban J connectivity index is 1.70. The van der Waals surface area contributed by atoms with Crippen molar-refractivity contribution in [1.82, 2.24) is 15.0 Å². The summed E-state index contributed by atoms with van der Waals surface area (Å²) in [5.41, 5.74) is 4.45. The lowest BCUT2D eigenvalue weighted by Gasteiger charge is -2.07. The van der Waals surface area contributed by atoms with E-state index in [1.54, 1.807) is 4.80 Å². The van der Waals surface area contributed by atoms with Gasteiger partial charge in [-0.2, -0.15) is 15.0 Å². The first kappa shape index (κ1) is 18.1. The Bertz CT molecular complexity index is 885. The molecule has 2 aromatic carbocycles. The zero-order valence-electron chi connectivity index (χ0n) is 15.5. The van der Waals surface area contributed by atoms with Crippen LogP contribution in [0.4, 0.5) is 5.69 Å². The van der Waals surface area contributed by atoms with Gasteiger partial charge in [0.1, 0.15) is 11.0 Å². The highest BCUT2D eigenvalue weighted by Crippen LogP contribution is 2.20. The van der Waals surface area contributed by atoms with Crippen molar-refractivity contribution in [2.45, 2.75) is 52.5 Å². The van der Waals surface area contributed by atoms with Crippen LogP contribution in [-0.2, 0) is 17.8 Å². The molecule has 1 amide bonds. The number of aromatic nitrogens is 3. The van der Waals surface area contributed by atoms with E-state index in [0.717, 1.165) is 40.8 Å². The molecule has 1 aromatic heterocycles. The predicted octanol–water partition coefficient (Wildman–Crippen LogP) is 4.50. The lowest BCUT2D eigenvalue weighted by molar-refractivity contribution is -0.115. The van der Waals surface area contributed by atoms with Gasteiger partial charge >= 0.3 is 0 Å². The van der Waals surface area contributed by atoms with Gasteiger partial charge in [0.15, 0.2) is 0 Å². The van der Waals surface area contributed by atoms with Crippen LogP contribution in [0.2, 0.25) is 0 Å². The van der Waals surface area contributed by atoms with E-state index in [2.05, 4.69) is 22.4 Å². The molecule has 3 aromatic rings. The minimum absolute atomic E-state index is 0.0377. The molecule has 0 saturated heterocycles. The van der Waals surface area contributed by atoms with Crippen molar-refractivity contribution in [3.05, 3.63) is 53.6 Å². The minimum Gasteiger partial charge on any atom is -0.324 e. The van der Waals surface area contributed by atoms with Crippen LogP contribution in [0.3, 0.4) is 0 Å². The lowest BCUT2D eigenvalue weighted by atomic mass is 10.1. The Morgan fingerprint density at radius 3 is 2.69 bits per heavy atom. The number of aryl methyl sites for hydroxylation is 2. The van der Waals surface area contributed by atoms with Crippen LogP contribution in [0.25, 0.3) is 11.0 Å². The zero-order chi connectivity index (χ0) is 18.4. The van der Waals surface area contributed by atoms with Crippen LogP contribution < -0.4 is 5.32 Å². The largest absolute Gasteiger partial charge is 0.324 e. The average Bonchev–Trinajstić information content (AvgIpc) is 3.05. The van der Waals surface area contributed by atoms with E-state index < -0.39 is 0 Å². The van der Waals surface area contributed by atoms with E-state index in [1.807, 2.05) is 49.4 Å². The maximum absolute atomic E-state index is 12.5. The molecule has 136 valence electrons. The first-order valence-corrected chi connectivity index (χ1v) is 9.35. The quantitative estimate of drug-likeness (QED) is 0.608. The van der Waals surface area contributed by atoms with Crippen LogP contribution in [0, 0.1) is 6.92 Å². The van der Waals surface area contributed by atoms with Gasteiger partial charge in [-0.25, -0.2) is 0 Å². The molecule has 0 aliphatic heterocycles. The van der Waals surface area contributed by atoms with Gasteiger partial charge in [0, 0.05) is 0 Å². The summed E-state index contributed by atoms with van der Waals surface area (Å²) in [6, 6.07) is 13.7. The zero-order valence-corrected chi connectivity index (χ0v) is 15.5. The number of nitrogens with one attached hydrogen (secondary N) is 1. The summed E-state index contributed by atoms with van der Waals surface area (Å²) in [6.45, 7) is 5.03. The first-order chi connectivity index (χ1) is 12.7. The summed E-state index contributed by atoms with van der Waals surface area (Å²) in [7, 11) is 0. The minimum atomic E-state index is -0.0377.